The van der Waals surface area contributed by atoms with Crippen LogP contribution >= 0.6 is 0 Å². The largest absolute Gasteiger partial charge is 0.397 e. The first kappa shape index (κ1) is 12.7. The van der Waals surface area contributed by atoms with Crippen molar-refractivity contribution in [2.45, 2.75) is 6.42 Å². The summed E-state index contributed by atoms with van der Waals surface area (Å²) in [5, 5.41) is 12.4. The lowest BCUT2D eigenvalue weighted by atomic mass is 10.1. The van der Waals surface area contributed by atoms with Gasteiger partial charge in [0.05, 0.1) is 23.0 Å². The molecule has 1 atom stereocenters. The van der Waals surface area contributed by atoms with Crippen LogP contribution in [0.15, 0.2) is 23.3 Å². The van der Waals surface area contributed by atoms with Gasteiger partial charge in [0.25, 0.3) is 0 Å². The molecule has 7 heteroatoms. The van der Waals surface area contributed by atoms with Crippen molar-refractivity contribution in [1.82, 2.24) is 0 Å². The quantitative estimate of drug-likeness (QED) is 0.384. The molecule has 1 saturated heterocycles. The minimum Gasteiger partial charge on any atom is -0.397 e. The van der Waals surface area contributed by atoms with Crippen molar-refractivity contribution in [3.05, 3.63) is 34.2 Å². The molecule has 1 fully saturated rings. The molecule has 19 heavy (non-hydrogen) atoms. The molecule has 2 N–H and O–H groups in total. The van der Waals surface area contributed by atoms with E-state index in [9.17, 15) is 4.79 Å². The van der Waals surface area contributed by atoms with Crippen LogP contribution in [0.5, 0.6) is 0 Å². The van der Waals surface area contributed by atoms with Gasteiger partial charge in [-0.2, -0.15) is 5.26 Å². The molecular formula is C12H12N6O. The number of benzene rings is 1. The van der Waals surface area contributed by atoms with E-state index in [0.29, 0.717) is 29.9 Å². The zero-order valence-electron chi connectivity index (χ0n) is 10.2. The van der Waals surface area contributed by atoms with Gasteiger partial charge in [-0.25, -0.2) is 0 Å². The number of rotatable bonds is 3. The fourth-order valence-electron chi connectivity index (χ4n) is 2.14. The Morgan fingerprint density at radius 1 is 1.63 bits per heavy atom. The number of nitrogens with zero attached hydrogens (tertiary/aromatic N) is 5. The van der Waals surface area contributed by atoms with Gasteiger partial charge in [0.15, 0.2) is 0 Å². The molecule has 1 aliphatic heterocycles. The molecule has 0 aromatic heterocycles. The molecule has 1 aliphatic rings. The van der Waals surface area contributed by atoms with E-state index in [1.165, 1.54) is 0 Å². The molecule has 1 amide bonds. The smallest absolute Gasteiger partial charge is 0.227 e. The maximum atomic E-state index is 12.0. The molecule has 7 nitrogen and oxygen atoms in total. The standard InChI is InChI=1S/C12H12N6O/c13-5-8-1-2-10(14)11(3-8)18-7-9(4-12(18)19)6-16-17-15/h1-3,9H,4,6-7,14H2. The van der Waals surface area contributed by atoms with E-state index < -0.39 is 0 Å². The molecule has 0 aliphatic carbocycles. The zero-order valence-corrected chi connectivity index (χ0v) is 10.2. The molecule has 0 bridgehead atoms. The maximum absolute atomic E-state index is 12.0. The summed E-state index contributed by atoms with van der Waals surface area (Å²) >= 11 is 0. The number of nitrogens with two attached hydrogens (primary N) is 1. The molecular weight excluding hydrogens is 244 g/mol. The van der Waals surface area contributed by atoms with E-state index in [1.807, 2.05) is 6.07 Å². The summed E-state index contributed by atoms with van der Waals surface area (Å²) in [6, 6.07) is 6.84. The van der Waals surface area contributed by atoms with E-state index in [0.717, 1.165) is 0 Å². The van der Waals surface area contributed by atoms with Crippen LogP contribution in [0.3, 0.4) is 0 Å². The minimum atomic E-state index is -0.0695. The molecule has 1 aromatic rings. The molecule has 0 radical (unpaired) electrons. The fraction of sp³-hybridized carbons (Fsp3) is 0.333. The monoisotopic (exact) mass is 256 g/mol. The van der Waals surface area contributed by atoms with Crippen molar-refractivity contribution < 1.29 is 4.79 Å². The first-order valence-corrected chi connectivity index (χ1v) is 5.76. The van der Waals surface area contributed by atoms with Crippen LogP contribution in [0.25, 0.3) is 10.4 Å². The number of nitriles is 1. The Bertz CT molecular complexity index is 599. The number of hydrogen-bond donors (Lipinski definition) is 1. The van der Waals surface area contributed by atoms with Crippen LogP contribution in [-0.4, -0.2) is 19.0 Å². The number of carbonyl (C=O) groups excluding carboxylic acids is 1. The van der Waals surface area contributed by atoms with Crippen molar-refractivity contribution in [3.63, 3.8) is 0 Å². The Morgan fingerprint density at radius 2 is 2.42 bits per heavy atom. The van der Waals surface area contributed by atoms with Gasteiger partial charge in [-0.15, -0.1) is 0 Å². The SMILES string of the molecule is N#Cc1ccc(N)c(N2CC(CN=[N+]=[N-])CC2=O)c1. The van der Waals surface area contributed by atoms with Gasteiger partial charge in [-0.05, 0) is 29.6 Å². The summed E-state index contributed by atoms with van der Waals surface area (Å²) in [6.45, 7) is 0.744. The third-order valence-corrected chi connectivity index (χ3v) is 3.06. The summed E-state index contributed by atoms with van der Waals surface area (Å²) < 4.78 is 0. The Balaban J connectivity index is 2.25. The molecule has 1 aromatic carbocycles. The van der Waals surface area contributed by atoms with Crippen LogP contribution < -0.4 is 10.6 Å². The number of azide groups is 1. The van der Waals surface area contributed by atoms with Crippen LogP contribution in [0.2, 0.25) is 0 Å². The van der Waals surface area contributed by atoms with Gasteiger partial charge in [0.1, 0.15) is 0 Å². The number of amides is 1. The Morgan fingerprint density at radius 3 is 3.11 bits per heavy atom. The fourth-order valence-corrected chi connectivity index (χ4v) is 2.14. The highest BCUT2D eigenvalue weighted by molar-refractivity contribution is 5.98. The topological polar surface area (TPSA) is 119 Å². The molecule has 0 saturated carbocycles. The lowest BCUT2D eigenvalue weighted by Gasteiger charge is -2.18. The summed E-state index contributed by atoms with van der Waals surface area (Å²) in [6.07, 6.45) is 0.329. The summed E-state index contributed by atoms with van der Waals surface area (Å²) in [4.78, 5) is 16.2. The molecule has 2 rings (SSSR count). The summed E-state index contributed by atoms with van der Waals surface area (Å²) in [5.41, 5.74) is 15.6. The summed E-state index contributed by atoms with van der Waals surface area (Å²) in [5.74, 6) is -0.0755. The molecule has 0 spiro atoms. The minimum absolute atomic E-state index is 0.00598. The van der Waals surface area contributed by atoms with Crippen molar-refractivity contribution in [1.29, 1.82) is 5.26 Å². The number of nitrogen functional groups attached to an aromatic ring is 1. The zero-order chi connectivity index (χ0) is 13.8. The lowest BCUT2D eigenvalue weighted by Crippen LogP contribution is -2.25. The van der Waals surface area contributed by atoms with Crippen molar-refractivity contribution in [3.8, 4) is 6.07 Å². The Hall–Kier alpha value is -2.71. The highest BCUT2D eigenvalue weighted by Crippen LogP contribution is 2.30. The third kappa shape index (κ3) is 2.59. The van der Waals surface area contributed by atoms with Crippen LogP contribution in [0.4, 0.5) is 11.4 Å². The van der Waals surface area contributed by atoms with Gasteiger partial charge in [0.2, 0.25) is 5.91 Å². The number of hydrogen-bond acceptors (Lipinski definition) is 4. The van der Waals surface area contributed by atoms with Crippen LogP contribution in [-0.2, 0) is 4.79 Å². The summed E-state index contributed by atoms with van der Waals surface area (Å²) in [7, 11) is 0. The predicted octanol–water partition coefficient (Wildman–Crippen LogP) is 1.80. The highest BCUT2D eigenvalue weighted by Gasteiger charge is 2.31. The van der Waals surface area contributed by atoms with E-state index in [1.54, 1.807) is 23.1 Å². The van der Waals surface area contributed by atoms with Crippen LogP contribution in [0, 0.1) is 17.2 Å². The molecule has 1 heterocycles. The van der Waals surface area contributed by atoms with Crippen molar-refractivity contribution >= 4 is 17.3 Å². The van der Waals surface area contributed by atoms with E-state index >= 15 is 0 Å². The van der Waals surface area contributed by atoms with Crippen LogP contribution in [0.1, 0.15) is 12.0 Å². The maximum Gasteiger partial charge on any atom is 0.227 e. The third-order valence-electron chi connectivity index (χ3n) is 3.06. The Kier molecular flexibility index (Phi) is 3.55. The van der Waals surface area contributed by atoms with E-state index in [4.69, 9.17) is 16.5 Å². The van der Waals surface area contributed by atoms with Gasteiger partial charge >= 0.3 is 0 Å². The lowest BCUT2D eigenvalue weighted by molar-refractivity contribution is -0.117. The highest BCUT2D eigenvalue weighted by atomic mass is 16.2. The first-order chi connectivity index (χ1) is 9.15. The van der Waals surface area contributed by atoms with Gasteiger partial charge in [0, 0.05) is 24.4 Å². The molecule has 96 valence electrons. The van der Waals surface area contributed by atoms with Gasteiger partial charge in [-0.3, -0.25) is 4.79 Å². The Labute approximate surface area is 109 Å². The van der Waals surface area contributed by atoms with Gasteiger partial charge in [-0.1, -0.05) is 5.11 Å². The average molecular weight is 256 g/mol. The second-order valence-electron chi connectivity index (χ2n) is 4.37. The molecule has 1 unspecified atom stereocenters. The van der Waals surface area contributed by atoms with Crippen molar-refractivity contribution in [2.75, 3.05) is 23.7 Å². The number of anilines is 2. The predicted molar refractivity (Wildman–Crippen MR) is 70.0 cm³/mol. The van der Waals surface area contributed by atoms with Gasteiger partial charge < -0.3 is 10.6 Å². The first-order valence-electron chi connectivity index (χ1n) is 5.76. The van der Waals surface area contributed by atoms with E-state index in [2.05, 4.69) is 10.0 Å². The number of carbonyl (C=O) groups is 1. The van der Waals surface area contributed by atoms with E-state index in [-0.39, 0.29) is 18.4 Å². The average Bonchev–Trinajstić information content (AvgIpc) is 2.78. The van der Waals surface area contributed by atoms with Crippen molar-refractivity contribution in [2.24, 2.45) is 11.0 Å². The normalized spacial score (nSPS) is 17.9. The second kappa shape index (κ2) is 5.29. The second-order valence-corrected chi connectivity index (χ2v) is 4.37.